The highest BCUT2D eigenvalue weighted by Gasteiger charge is 2.14. The van der Waals surface area contributed by atoms with Crippen LogP contribution in [0.5, 0.6) is 5.75 Å². The lowest BCUT2D eigenvalue weighted by Crippen LogP contribution is -2.19. The SMILES string of the molecule is CN/C=C(\C)c1ccc(-c2cnc3c(C4=CCNCC4)csc3c2)c(O)c1. The second kappa shape index (κ2) is 7.55. The van der Waals surface area contributed by atoms with Gasteiger partial charge in [-0.05, 0) is 61.0 Å². The van der Waals surface area contributed by atoms with Crippen LogP contribution in [0.25, 0.3) is 32.5 Å². The Morgan fingerprint density at radius 1 is 1.30 bits per heavy atom. The van der Waals surface area contributed by atoms with Crippen LogP contribution in [0.2, 0.25) is 0 Å². The molecule has 0 saturated carbocycles. The van der Waals surface area contributed by atoms with E-state index in [9.17, 15) is 5.11 Å². The van der Waals surface area contributed by atoms with E-state index in [-0.39, 0.29) is 5.75 Å². The highest BCUT2D eigenvalue weighted by Crippen LogP contribution is 2.36. The van der Waals surface area contributed by atoms with Crippen LogP contribution < -0.4 is 10.6 Å². The fourth-order valence-electron chi connectivity index (χ4n) is 3.48. The van der Waals surface area contributed by atoms with Gasteiger partial charge in [0, 0.05) is 41.9 Å². The Morgan fingerprint density at radius 2 is 2.19 bits per heavy atom. The molecule has 5 heteroatoms. The van der Waals surface area contributed by atoms with Crippen molar-refractivity contribution in [1.29, 1.82) is 0 Å². The largest absolute Gasteiger partial charge is 0.507 e. The first-order valence-electron chi connectivity index (χ1n) is 9.12. The third kappa shape index (κ3) is 3.48. The smallest absolute Gasteiger partial charge is 0.124 e. The average molecular weight is 378 g/mol. The number of aromatic hydroxyl groups is 1. The number of aromatic nitrogens is 1. The lowest BCUT2D eigenvalue weighted by molar-refractivity contribution is 0.477. The Hall–Kier alpha value is -2.63. The van der Waals surface area contributed by atoms with Crippen LogP contribution in [0.4, 0.5) is 0 Å². The number of allylic oxidation sites excluding steroid dienone is 1. The molecule has 0 unspecified atom stereocenters. The molecule has 0 spiro atoms. The van der Waals surface area contributed by atoms with Crippen molar-refractivity contribution in [3.05, 3.63) is 59.2 Å². The molecule has 1 aliphatic heterocycles. The van der Waals surface area contributed by atoms with Gasteiger partial charge < -0.3 is 15.7 Å². The lowest BCUT2D eigenvalue weighted by atomic mass is 9.99. The number of nitrogens with zero attached hydrogens (tertiary/aromatic N) is 1. The van der Waals surface area contributed by atoms with E-state index in [4.69, 9.17) is 4.98 Å². The molecule has 27 heavy (non-hydrogen) atoms. The second-order valence-corrected chi connectivity index (χ2v) is 7.66. The van der Waals surface area contributed by atoms with Gasteiger partial charge in [-0.25, -0.2) is 0 Å². The molecule has 0 radical (unpaired) electrons. The first-order chi connectivity index (χ1) is 13.2. The summed E-state index contributed by atoms with van der Waals surface area (Å²) in [6.07, 6.45) is 7.08. The maximum absolute atomic E-state index is 10.6. The van der Waals surface area contributed by atoms with E-state index in [0.29, 0.717) is 0 Å². The summed E-state index contributed by atoms with van der Waals surface area (Å²) in [5, 5.41) is 19.1. The molecule has 0 aliphatic carbocycles. The van der Waals surface area contributed by atoms with E-state index >= 15 is 0 Å². The number of pyridine rings is 1. The Bertz CT molecular complexity index is 1050. The predicted octanol–water partition coefficient (Wildman–Crippen LogP) is 4.63. The molecule has 3 N–H and O–H groups in total. The van der Waals surface area contributed by atoms with Crippen LogP contribution in [0.3, 0.4) is 0 Å². The number of rotatable bonds is 4. The molecular formula is C22H23N3OS. The van der Waals surface area contributed by atoms with Gasteiger partial charge in [-0.15, -0.1) is 11.3 Å². The number of hydrogen-bond donors (Lipinski definition) is 3. The molecule has 0 fully saturated rings. The Morgan fingerprint density at radius 3 is 2.93 bits per heavy atom. The van der Waals surface area contributed by atoms with E-state index in [1.165, 1.54) is 11.1 Å². The number of phenolic OH excluding ortho intramolecular Hbond substituents is 1. The molecule has 4 nitrogen and oxygen atoms in total. The topological polar surface area (TPSA) is 57.2 Å². The molecule has 0 saturated heterocycles. The maximum atomic E-state index is 10.6. The third-order valence-electron chi connectivity index (χ3n) is 4.95. The van der Waals surface area contributed by atoms with Crippen LogP contribution in [0.15, 0.2) is 48.1 Å². The van der Waals surface area contributed by atoms with Gasteiger partial charge in [0.2, 0.25) is 0 Å². The van der Waals surface area contributed by atoms with Gasteiger partial charge in [-0.3, -0.25) is 4.98 Å². The molecule has 0 atom stereocenters. The van der Waals surface area contributed by atoms with Crippen molar-refractivity contribution < 1.29 is 5.11 Å². The molecule has 3 aromatic rings. The minimum Gasteiger partial charge on any atom is -0.507 e. The van der Waals surface area contributed by atoms with Crippen molar-refractivity contribution in [2.75, 3.05) is 20.1 Å². The second-order valence-electron chi connectivity index (χ2n) is 6.75. The fraction of sp³-hybridized carbons (Fsp3) is 0.227. The molecule has 0 bridgehead atoms. The molecular weight excluding hydrogens is 354 g/mol. The summed E-state index contributed by atoms with van der Waals surface area (Å²) in [5.41, 5.74) is 7.49. The van der Waals surface area contributed by atoms with Crippen LogP contribution in [-0.4, -0.2) is 30.2 Å². The highest BCUT2D eigenvalue weighted by molar-refractivity contribution is 7.17. The van der Waals surface area contributed by atoms with E-state index in [0.717, 1.165) is 52.0 Å². The minimum absolute atomic E-state index is 0.273. The predicted molar refractivity (Wildman–Crippen MR) is 115 cm³/mol. The molecule has 4 rings (SSSR count). The standard InChI is InChI=1S/C22H23N3OS/c1-14(11-23-2)16-3-4-18(20(26)9-16)17-10-21-22(25-12-17)19(13-27-21)15-5-7-24-8-6-15/h3-5,9-13,23-24,26H,6-8H2,1-2H3/b14-11+. The summed E-state index contributed by atoms with van der Waals surface area (Å²) < 4.78 is 1.15. The van der Waals surface area contributed by atoms with Crippen LogP contribution >= 0.6 is 11.3 Å². The summed E-state index contributed by atoms with van der Waals surface area (Å²) >= 11 is 1.71. The van der Waals surface area contributed by atoms with Gasteiger partial charge in [-0.1, -0.05) is 12.1 Å². The van der Waals surface area contributed by atoms with Gasteiger partial charge in [0.25, 0.3) is 0 Å². The zero-order chi connectivity index (χ0) is 18.8. The van der Waals surface area contributed by atoms with Crippen molar-refractivity contribution in [3.63, 3.8) is 0 Å². The van der Waals surface area contributed by atoms with Crippen LogP contribution in [0, 0.1) is 0 Å². The van der Waals surface area contributed by atoms with Crippen molar-refractivity contribution in [1.82, 2.24) is 15.6 Å². The zero-order valence-corrected chi connectivity index (χ0v) is 16.4. The van der Waals surface area contributed by atoms with Crippen LogP contribution in [0.1, 0.15) is 24.5 Å². The molecule has 1 aliphatic rings. The van der Waals surface area contributed by atoms with Gasteiger partial charge in [0.05, 0.1) is 10.2 Å². The van der Waals surface area contributed by atoms with Crippen molar-refractivity contribution in [2.24, 2.45) is 0 Å². The number of benzene rings is 1. The van der Waals surface area contributed by atoms with Gasteiger partial charge >= 0.3 is 0 Å². The molecule has 1 aromatic carbocycles. The van der Waals surface area contributed by atoms with E-state index in [2.05, 4.69) is 28.2 Å². The number of thiophene rings is 1. The summed E-state index contributed by atoms with van der Waals surface area (Å²) in [7, 11) is 1.87. The average Bonchev–Trinajstić information content (AvgIpc) is 3.12. The summed E-state index contributed by atoms with van der Waals surface area (Å²) in [4.78, 5) is 4.74. The Kier molecular flexibility index (Phi) is 4.97. The fourth-order valence-corrected chi connectivity index (χ4v) is 4.46. The molecule has 0 amide bonds. The monoisotopic (exact) mass is 377 g/mol. The minimum atomic E-state index is 0.273. The van der Waals surface area contributed by atoms with Crippen LogP contribution in [-0.2, 0) is 0 Å². The third-order valence-corrected chi connectivity index (χ3v) is 5.87. The summed E-state index contributed by atoms with van der Waals surface area (Å²) in [5.74, 6) is 0.273. The van der Waals surface area contributed by atoms with E-state index in [1.807, 2.05) is 44.6 Å². The first kappa shape index (κ1) is 17.8. The van der Waals surface area contributed by atoms with E-state index < -0.39 is 0 Å². The number of fused-ring (bicyclic) bond motifs is 1. The lowest BCUT2D eigenvalue weighted by Gasteiger charge is -2.13. The maximum Gasteiger partial charge on any atom is 0.124 e. The van der Waals surface area contributed by atoms with Gasteiger partial charge in [0.1, 0.15) is 5.75 Å². The highest BCUT2D eigenvalue weighted by atomic mass is 32.1. The quantitative estimate of drug-likeness (QED) is 0.621. The van der Waals surface area contributed by atoms with Crippen molar-refractivity contribution >= 4 is 32.7 Å². The molecule has 2 aromatic heterocycles. The van der Waals surface area contributed by atoms with Gasteiger partial charge in [-0.2, -0.15) is 0 Å². The molecule has 3 heterocycles. The summed E-state index contributed by atoms with van der Waals surface area (Å²) in [6, 6.07) is 7.93. The number of nitrogens with one attached hydrogen (secondary N) is 2. The van der Waals surface area contributed by atoms with E-state index in [1.54, 1.807) is 11.3 Å². The number of phenols is 1. The van der Waals surface area contributed by atoms with Gasteiger partial charge in [0.15, 0.2) is 0 Å². The molecule has 138 valence electrons. The van der Waals surface area contributed by atoms with Crippen molar-refractivity contribution in [3.8, 4) is 16.9 Å². The van der Waals surface area contributed by atoms with Crippen molar-refractivity contribution in [2.45, 2.75) is 13.3 Å². The Balaban J connectivity index is 1.71. The normalized spacial score (nSPS) is 15.0. The Labute approximate surface area is 163 Å². The zero-order valence-electron chi connectivity index (χ0n) is 15.5. The summed E-state index contributed by atoms with van der Waals surface area (Å²) in [6.45, 7) is 3.95. The number of hydrogen-bond acceptors (Lipinski definition) is 5. The first-order valence-corrected chi connectivity index (χ1v) is 10.0.